The Bertz CT molecular complexity index is 550. The first-order chi connectivity index (χ1) is 10.7. The number of aliphatic carboxylic acids is 1. The molecule has 23 heavy (non-hydrogen) atoms. The van der Waals surface area contributed by atoms with Crippen molar-refractivity contribution in [2.24, 2.45) is 0 Å². The van der Waals surface area contributed by atoms with Crippen LogP contribution in [0, 0.1) is 0 Å². The molecule has 0 unspecified atom stereocenters. The van der Waals surface area contributed by atoms with Crippen LogP contribution in [-0.4, -0.2) is 63.2 Å². The summed E-state index contributed by atoms with van der Waals surface area (Å²) in [5, 5.41) is 9.56. The first kappa shape index (κ1) is 17.3. The van der Waals surface area contributed by atoms with Crippen molar-refractivity contribution in [1.29, 1.82) is 0 Å². The van der Waals surface area contributed by atoms with Gasteiger partial charge in [0.25, 0.3) is 0 Å². The summed E-state index contributed by atoms with van der Waals surface area (Å²) in [7, 11) is 0. The molecule has 0 saturated carbocycles. The lowest BCUT2D eigenvalue weighted by Crippen LogP contribution is -2.58. The molecule has 0 spiro atoms. The molecule has 1 saturated heterocycles. The number of nitrogens with zero attached hydrogens (tertiary/aromatic N) is 2. The Morgan fingerprint density at radius 3 is 2.61 bits per heavy atom. The molecule has 7 heteroatoms. The number of hydrogen-bond acceptors (Lipinski definition) is 4. The Morgan fingerprint density at radius 2 is 2.09 bits per heavy atom. The molecule has 0 radical (unpaired) electrons. The Balaban J connectivity index is 2.09. The molecule has 0 bridgehead atoms. The molecule has 2 rings (SSSR count). The van der Waals surface area contributed by atoms with Gasteiger partial charge in [0.2, 0.25) is 0 Å². The summed E-state index contributed by atoms with van der Waals surface area (Å²) in [6.07, 6.45) is 1.36. The third-order valence-corrected chi connectivity index (χ3v) is 3.93. The van der Waals surface area contributed by atoms with E-state index in [1.54, 1.807) is 20.8 Å². The molecule has 2 N–H and O–H groups in total. The summed E-state index contributed by atoms with van der Waals surface area (Å²) in [6.45, 7) is 8.40. The minimum absolute atomic E-state index is 0.0631. The van der Waals surface area contributed by atoms with Crippen LogP contribution in [0.15, 0.2) is 18.3 Å². The second-order valence-corrected chi connectivity index (χ2v) is 6.82. The highest BCUT2D eigenvalue weighted by Gasteiger charge is 2.38. The zero-order valence-corrected chi connectivity index (χ0v) is 14.1. The van der Waals surface area contributed by atoms with E-state index < -0.39 is 23.7 Å². The number of aromatic nitrogens is 1. The van der Waals surface area contributed by atoms with Crippen molar-refractivity contribution in [2.75, 3.05) is 19.6 Å². The fourth-order valence-electron chi connectivity index (χ4n) is 2.76. The molecule has 1 amide bonds. The van der Waals surface area contributed by atoms with Crippen molar-refractivity contribution < 1.29 is 19.4 Å². The smallest absolute Gasteiger partial charge is 0.410 e. The van der Waals surface area contributed by atoms with Crippen molar-refractivity contribution in [3.8, 4) is 0 Å². The van der Waals surface area contributed by atoms with Crippen LogP contribution in [0.4, 0.5) is 4.79 Å². The third-order valence-electron chi connectivity index (χ3n) is 3.93. The number of carboxylic acids is 1. The summed E-state index contributed by atoms with van der Waals surface area (Å²) in [4.78, 5) is 30.3. The molecule has 2 atom stereocenters. The summed E-state index contributed by atoms with van der Waals surface area (Å²) >= 11 is 0. The van der Waals surface area contributed by atoms with Gasteiger partial charge in [0, 0.05) is 31.0 Å². The molecule has 2 heterocycles. The van der Waals surface area contributed by atoms with E-state index in [0.717, 1.165) is 5.69 Å². The normalized spacial score (nSPS) is 21.0. The first-order valence-corrected chi connectivity index (χ1v) is 7.79. The minimum Gasteiger partial charge on any atom is -0.480 e. The maximum atomic E-state index is 12.2. The monoisotopic (exact) mass is 323 g/mol. The predicted molar refractivity (Wildman–Crippen MR) is 85.1 cm³/mol. The van der Waals surface area contributed by atoms with Gasteiger partial charge in [0.1, 0.15) is 11.6 Å². The fraction of sp³-hybridized carbons (Fsp3) is 0.625. The maximum Gasteiger partial charge on any atom is 0.410 e. The van der Waals surface area contributed by atoms with Gasteiger partial charge in [-0.2, -0.15) is 0 Å². The number of aromatic amines is 1. The molecule has 0 aliphatic carbocycles. The van der Waals surface area contributed by atoms with Gasteiger partial charge >= 0.3 is 12.1 Å². The molecule has 128 valence electrons. The van der Waals surface area contributed by atoms with Crippen LogP contribution in [-0.2, 0) is 9.53 Å². The number of piperazine rings is 1. The van der Waals surface area contributed by atoms with Crippen LogP contribution in [0.3, 0.4) is 0 Å². The van der Waals surface area contributed by atoms with E-state index in [-0.39, 0.29) is 12.6 Å². The zero-order valence-electron chi connectivity index (χ0n) is 14.1. The van der Waals surface area contributed by atoms with E-state index in [0.29, 0.717) is 13.1 Å². The van der Waals surface area contributed by atoms with Gasteiger partial charge in [-0.25, -0.2) is 4.79 Å². The molecular formula is C16H25N3O4. The van der Waals surface area contributed by atoms with Crippen molar-refractivity contribution >= 4 is 12.1 Å². The highest BCUT2D eigenvalue weighted by atomic mass is 16.6. The number of carbonyl (C=O) groups excluding carboxylic acids is 1. The van der Waals surface area contributed by atoms with Crippen molar-refractivity contribution in [3.63, 3.8) is 0 Å². The summed E-state index contributed by atoms with van der Waals surface area (Å²) in [5.74, 6) is -0.934. The lowest BCUT2D eigenvalue weighted by Gasteiger charge is -2.42. The van der Waals surface area contributed by atoms with Gasteiger partial charge in [-0.15, -0.1) is 0 Å². The number of amides is 1. The first-order valence-electron chi connectivity index (χ1n) is 7.79. The van der Waals surface area contributed by atoms with Gasteiger partial charge < -0.3 is 19.7 Å². The Labute approximate surface area is 136 Å². The van der Waals surface area contributed by atoms with Gasteiger partial charge in [0.05, 0.1) is 6.54 Å². The number of nitrogens with one attached hydrogen (secondary N) is 1. The molecule has 1 aliphatic rings. The number of hydrogen-bond donors (Lipinski definition) is 2. The topological polar surface area (TPSA) is 85.9 Å². The van der Waals surface area contributed by atoms with E-state index in [4.69, 9.17) is 4.74 Å². The second kappa shape index (κ2) is 6.62. The van der Waals surface area contributed by atoms with E-state index in [1.807, 2.05) is 30.2 Å². The molecule has 1 fully saturated rings. The second-order valence-electron chi connectivity index (χ2n) is 6.82. The SMILES string of the molecule is C[C@@H](c1ccc[nH]1)N1CCN(C(=O)OC(C)(C)C)C[C@@H]1C(=O)O. The summed E-state index contributed by atoms with van der Waals surface area (Å²) in [6, 6.07) is 3.00. The molecule has 1 aromatic rings. The van der Waals surface area contributed by atoms with Crippen LogP contribution in [0.25, 0.3) is 0 Å². The Hall–Kier alpha value is -2.02. The summed E-state index contributed by atoms with van der Waals surface area (Å²) in [5.41, 5.74) is 0.367. The minimum atomic E-state index is -0.934. The van der Waals surface area contributed by atoms with E-state index in [1.165, 1.54) is 4.90 Å². The van der Waals surface area contributed by atoms with Crippen LogP contribution in [0.1, 0.15) is 39.4 Å². The van der Waals surface area contributed by atoms with Crippen molar-refractivity contribution in [2.45, 2.75) is 45.4 Å². The van der Waals surface area contributed by atoms with E-state index >= 15 is 0 Å². The standard InChI is InChI=1S/C16H25N3O4/c1-11(12-6-5-7-17-12)19-9-8-18(10-13(19)14(20)21)15(22)23-16(2,3)4/h5-7,11,13,17H,8-10H2,1-4H3,(H,20,21)/t11-,13+/m0/s1. The highest BCUT2D eigenvalue weighted by Crippen LogP contribution is 2.25. The molecule has 1 aromatic heterocycles. The van der Waals surface area contributed by atoms with Crippen LogP contribution < -0.4 is 0 Å². The number of rotatable bonds is 3. The maximum absolute atomic E-state index is 12.2. The number of carbonyl (C=O) groups is 2. The largest absolute Gasteiger partial charge is 0.480 e. The fourth-order valence-corrected chi connectivity index (χ4v) is 2.76. The molecule has 0 aromatic carbocycles. The van der Waals surface area contributed by atoms with Gasteiger partial charge in [0.15, 0.2) is 0 Å². The molecular weight excluding hydrogens is 298 g/mol. The zero-order chi connectivity index (χ0) is 17.2. The molecule has 7 nitrogen and oxygen atoms in total. The molecule has 1 aliphatic heterocycles. The van der Waals surface area contributed by atoms with Crippen LogP contribution in [0.2, 0.25) is 0 Å². The van der Waals surface area contributed by atoms with Crippen molar-refractivity contribution in [1.82, 2.24) is 14.8 Å². The predicted octanol–water partition coefficient (Wildman–Crippen LogP) is 2.08. The van der Waals surface area contributed by atoms with Crippen molar-refractivity contribution in [3.05, 3.63) is 24.0 Å². The van der Waals surface area contributed by atoms with Crippen LogP contribution >= 0.6 is 0 Å². The van der Waals surface area contributed by atoms with E-state index in [2.05, 4.69) is 4.98 Å². The van der Waals surface area contributed by atoms with Gasteiger partial charge in [-0.3, -0.25) is 9.69 Å². The third kappa shape index (κ3) is 4.25. The quantitative estimate of drug-likeness (QED) is 0.889. The average molecular weight is 323 g/mol. The lowest BCUT2D eigenvalue weighted by atomic mass is 10.1. The number of ether oxygens (including phenoxy) is 1. The van der Waals surface area contributed by atoms with Gasteiger partial charge in [-0.05, 0) is 39.8 Å². The Kier molecular flexibility index (Phi) is 4.99. The summed E-state index contributed by atoms with van der Waals surface area (Å²) < 4.78 is 5.34. The van der Waals surface area contributed by atoms with Crippen LogP contribution in [0.5, 0.6) is 0 Å². The van der Waals surface area contributed by atoms with E-state index in [9.17, 15) is 14.7 Å². The lowest BCUT2D eigenvalue weighted by molar-refractivity contribution is -0.147. The number of H-pyrrole nitrogens is 1. The number of carboxylic acid groups (broad SMARTS) is 1. The average Bonchev–Trinajstić information content (AvgIpc) is 2.98. The Morgan fingerprint density at radius 1 is 1.39 bits per heavy atom. The highest BCUT2D eigenvalue weighted by molar-refractivity contribution is 5.76. The van der Waals surface area contributed by atoms with Gasteiger partial charge in [-0.1, -0.05) is 0 Å².